The quantitative estimate of drug-likeness (QED) is 0.204. The molecule has 0 saturated carbocycles. The first-order chi connectivity index (χ1) is 18.9. The van der Waals surface area contributed by atoms with Crippen molar-refractivity contribution in [1.29, 1.82) is 0 Å². The van der Waals surface area contributed by atoms with Crippen LogP contribution < -0.4 is 16.0 Å². The molecule has 200 valence electrons. The SMILES string of the molecule is CCCC(=O)[C@H](CN(CC)c1ccccc1)NC(=O)c1ccc2[nH]c(-c3cc(N)nc4nc(C)[nH]c34)cc2c1. The number of hydrogen-bond donors (Lipinski definition) is 4. The third-order valence-corrected chi connectivity index (χ3v) is 6.87. The van der Waals surface area contributed by atoms with Crippen molar-refractivity contribution in [2.45, 2.75) is 39.7 Å². The Kier molecular flexibility index (Phi) is 7.31. The normalized spacial score (nSPS) is 12.1. The molecule has 3 aromatic heterocycles. The van der Waals surface area contributed by atoms with Crippen LogP contribution in [0.15, 0.2) is 60.7 Å². The highest BCUT2D eigenvalue weighted by Crippen LogP contribution is 2.30. The van der Waals surface area contributed by atoms with Gasteiger partial charge >= 0.3 is 0 Å². The number of hydrogen-bond acceptors (Lipinski definition) is 6. The number of anilines is 2. The number of likely N-dealkylation sites (N-methyl/N-ethyl adjacent to an activating group) is 1. The number of carbonyl (C=O) groups excluding carboxylic acids is 2. The van der Waals surface area contributed by atoms with E-state index in [1.54, 1.807) is 12.1 Å². The maximum Gasteiger partial charge on any atom is 0.251 e. The molecule has 0 radical (unpaired) electrons. The van der Waals surface area contributed by atoms with Crippen LogP contribution in [-0.4, -0.2) is 50.8 Å². The molecule has 9 nitrogen and oxygen atoms in total. The molecule has 0 bridgehead atoms. The lowest BCUT2D eigenvalue weighted by molar-refractivity contribution is -0.120. The third kappa shape index (κ3) is 5.47. The Bertz CT molecular complexity index is 1640. The summed E-state index contributed by atoms with van der Waals surface area (Å²) < 4.78 is 0. The number of amides is 1. The van der Waals surface area contributed by atoms with Crippen LogP contribution in [0.1, 0.15) is 42.9 Å². The van der Waals surface area contributed by atoms with Crippen LogP contribution in [0.4, 0.5) is 11.5 Å². The molecule has 0 aliphatic rings. The molecule has 0 unspecified atom stereocenters. The Morgan fingerprint density at radius 1 is 1.03 bits per heavy atom. The number of imidazole rings is 1. The molecule has 5 rings (SSSR count). The first-order valence-electron chi connectivity index (χ1n) is 13.3. The van der Waals surface area contributed by atoms with Gasteiger partial charge in [-0.05, 0) is 62.7 Å². The summed E-state index contributed by atoms with van der Waals surface area (Å²) in [6.07, 6.45) is 1.14. The number of carbonyl (C=O) groups is 2. The van der Waals surface area contributed by atoms with Crippen LogP contribution in [-0.2, 0) is 4.79 Å². The van der Waals surface area contributed by atoms with Crippen molar-refractivity contribution < 1.29 is 9.59 Å². The van der Waals surface area contributed by atoms with E-state index in [2.05, 4.69) is 30.2 Å². The van der Waals surface area contributed by atoms with Gasteiger partial charge in [0.05, 0.1) is 5.52 Å². The van der Waals surface area contributed by atoms with E-state index >= 15 is 0 Å². The second-order valence-electron chi connectivity index (χ2n) is 9.72. The zero-order valence-electron chi connectivity index (χ0n) is 22.4. The molecule has 5 N–H and O–H groups in total. The number of nitrogens with zero attached hydrogens (tertiary/aromatic N) is 3. The van der Waals surface area contributed by atoms with Crippen molar-refractivity contribution in [3.05, 3.63) is 72.1 Å². The molecular weight excluding hydrogens is 490 g/mol. The molecule has 0 spiro atoms. The minimum absolute atomic E-state index is 0.0272. The standard InChI is InChI=1S/C30H33N7O2/c1-4-9-26(38)25(17-37(5-2)21-10-7-6-8-11-21)35-30(39)19-12-13-23-20(14-19)15-24(34-23)22-16-27(31)36-29-28(22)32-18(3)33-29/h6-8,10-16,25,34H,4-5,9,17H2,1-3H3,(H,35,39)(H3,31,32,33,36)/t25-/m0/s1. The largest absolute Gasteiger partial charge is 0.384 e. The minimum atomic E-state index is -0.619. The summed E-state index contributed by atoms with van der Waals surface area (Å²) in [5, 5.41) is 3.88. The van der Waals surface area contributed by atoms with Crippen molar-refractivity contribution in [3.63, 3.8) is 0 Å². The van der Waals surface area contributed by atoms with Crippen LogP contribution in [0, 0.1) is 6.92 Å². The Hall–Kier alpha value is -4.66. The number of H-pyrrole nitrogens is 2. The fourth-order valence-corrected chi connectivity index (χ4v) is 4.92. The fourth-order valence-electron chi connectivity index (χ4n) is 4.92. The van der Waals surface area contributed by atoms with Gasteiger partial charge < -0.3 is 25.9 Å². The number of rotatable bonds is 10. The Labute approximate surface area is 226 Å². The molecule has 2 aromatic carbocycles. The van der Waals surface area contributed by atoms with Crippen molar-refractivity contribution >= 4 is 45.3 Å². The molecule has 0 aliphatic heterocycles. The highest BCUT2D eigenvalue weighted by molar-refractivity contribution is 6.02. The minimum Gasteiger partial charge on any atom is -0.384 e. The number of nitrogens with one attached hydrogen (secondary N) is 3. The molecule has 1 atom stereocenters. The van der Waals surface area contributed by atoms with E-state index in [-0.39, 0.29) is 11.7 Å². The van der Waals surface area contributed by atoms with Crippen LogP contribution in [0.2, 0.25) is 0 Å². The van der Waals surface area contributed by atoms with Gasteiger partial charge in [0, 0.05) is 52.9 Å². The molecule has 5 aromatic rings. The molecule has 1 amide bonds. The van der Waals surface area contributed by atoms with Gasteiger partial charge in [0.25, 0.3) is 5.91 Å². The van der Waals surface area contributed by atoms with Crippen LogP contribution in [0.5, 0.6) is 0 Å². The number of para-hydroxylation sites is 1. The van der Waals surface area contributed by atoms with Gasteiger partial charge in [-0.3, -0.25) is 9.59 Å². The van der Waals surface area contributed by atoms with E-state index in [9.17, 15) is 9.59 Å². The average Bonchev–Trinajstić information content (AvgIpc) is 3.53. The maximum absolute atomic E-state index is 13.4. The zero-order chi connectivity index (χ0) is 27.5. The summed E-state index contributed by atoms with van der Waals surface area (Å²) >= 11 is 0. The topological polar surface area (TPSA) is 133 Å². The molecule has 0 aliphatic carbocycles. The van der Waals surface area contributed by atoms with Gasteiger partial charge in [0.15, 0.2) is 11.4 Å². The summed E-state index contributed by atoms with van der Waals surface area (Å²) in [4.78, 5) is 43.9. The smallest absolute Gasteiger partial charge is 0.251 e. The lowest BCUT2D eigenvalue weighted by Crippen LogP contribution is -2.48. The molecule has 0 saturated heterocycles. The summed E-state index contributed by atoms with van der Waals surface area (Å²) in [7, 11) is 0. The molecule has 0 fully saturated rings. The first-order valence-corrected chi connectivity index (χ1v) is 13.3. The number of nitrogens with two attached hydrogens (primary N) is 1. The lowest BCUT2D eigenvalue weighted by Gasteiger charge is -2.28. The van der Waals surface area contributed by atoms with E-state index in [0.29, 0.717) is 30.0 Å². The van der Waals surface area contributed by atoms with Gasteiger partial charge in [-0.2, -0.15) is 0 Å². The Balaban J connectivity index is 1.41. The summed E-state index contributed by atoms with van der Waals surface area (Å²) in [5.41, 5.74) is 11.5. The van der Waals surface area contributed by atoms with E-state index in [1.807, 2.05) is 69.3 Å². The lowest BCUT2D eigenvalue weighted by atomic mass is 10.1. The average molecular weight is 524 g/mol. The zero-order valence-corrected chi connectivity index (χ0v) is 22.4. The van der Waals surface area contributed by atoms with Gasteiger partial charge in [-0.1, -0.05) is 25.1 Å². The number of nitrogen functional groups attached to an aromatic ring is 1. The molecule has 3 heterocycles. The number of fused-ring (bicyclic) bond motifs is 2. The number of pyridine rings is 1. The molecular formula is C30H33N7O2. The summed E-state index contributed by atoms with van der Waals surface area (Å²) in [6.45, 7) is 7.01. The molecule has 39 heavy (non-hydrogen) atoms. The highest BCUT2D eigenvalue weighted by atomic mass is 16.2. The van der Waals surface area contributed by atoms with Crippen LogP contribution in [0.3, 0.4) is 0 Å². The van der Waals surface area contributed by atoms with Gasteiger partial charge in [0.2, 0.25) is 0 Å². The summed E-state index contributed by atoms with van der Waals surface area (Å²) in [6, 6.07) is 18.6. The van der Waals surface area contributed by atoms with Crippen molar-refractivity contribution in [2.75, 3.05) is 23.7 Å². The maximum atomic E-state index is 13.4. The monoisotopic (exact) mass is 523 g/mol. The van der Waals surface area contributed by atoms with Crippen molar-refractivity contribution in [1.82, 2.24) is 25.3 Å². The number of benzene rings is 2. The number of aromatic amines is 2. The van der Waals surface area contributed by atoms with Crippen molar-refractivity contribution in [3.8, 4) is 11.3 Å². The molecule has 9 heteroatoms. The Morgan fingerprint density at radius 3 is 2.56 bits per heavy atom. The summed E-state index contributed by atoms with van der Waals surface area (Å²) in [5.74, 6) is 0.875. The highest BCUT2D eigenvalue weighted by Gasteiger charge is 2.24. The van der Waals surface area contributed by atoms with Crippen LogP contribution in [0.25, 0.3) is 33.3 Å². The third-order valence-electron chi connectivity index (χ3n) is 6.87. The second-order valence-corrected chi connectivity index (χ2v) is 9.72. The number of ketones is 1. The number of Topliss-reactive ketones (excluding diaryl/α,β-unsaturated/α-hetero) is 1. The van der Waals surface area contributed by atoms with E-state index in [1.165, 1.54) is 0 Å². The van der Waals surface area contributed by atoms with Gasteiger partial charge in [-0.15, -0.1) is 0 Å². The second kappa shape index (κ2) is 11.0. The Morgan fingerprint density at radius 2 is 1.82 bits per heavy atom. The van der Waals surface area contributed by atoms with E-state index in [4.69, 9.17) is 5.73 Å². The number of aryl methyl sites for hydroxylation is 1. The first kappa shape index (κ1) is 26.0. The van der Waals surface area contributed by atoms with E-state index in [0.717, 1.165) is 52.2 Å². The predicted molar refractivity (Wildman–Crippen MR) is 156 cm³/mol. The fraction of sp³-hybridized carbons (Fsp3) is 0.267. The predicted octanol–water partition coefficient (Wildman–Crippen LogP) is 4.99. The van der Waals surface area contributed by atoms with Crippen molar-refractivity contribution in [2.24, 2.45) is 0 Å². The van der Waals surface area contributed by atoms with Gasteiger partial charge in [-0.25, -0.2) is 9.97 Å². The van der Waals surface area contributed by atoms with E-state index < -0.39 is 6.04 Å². The van der Waals surface area contributed by atoms with Crippen LogP contribution >= 0.6 is 0 Å². The van der Waals surface area contributed by atoms with Gasteiger partial charge in [0.1, 0.15) is 17.7 Å². The number of aromatic nitrogens is 4.